The maximum Gasteiger partial charge on any atom is 0.257 e. The van der Waals surface area contributed by atoms with Gasteiger partial charge in [-0.1, -0.05) is 6.07 Å². The second-order valence-electron chi connectivity index (χ2n) is 7.26. The van der Waals surface area contributed by atoms with Gasteiger partial charge in [0, 0.05) is 42.8 Å². The molecule has 3 heterocycles. The summed E-state index contributed by atoms with van der Waals surface area (Å²) in [5, 5.41) is 1.06. The van der Waals surface area contributed by atoms with Crippen LogP contribution in [0.3, 0.4) is 0 Å². The van der Waals surface area contributed by atoms with Crippen molar-refractivity contribution in [3.8, 4) is 0 Å². The van der Waals surface area contributed by atoms with E-state index in [9.17, 15) is 9.59 Å². The molecule has 2 amide bonds. The zero-order chi connectivity index (χ0) is 19.7. The topological polar surface area (TPSA) is 66.7 Å². The summed E-state index contributed by atoms with van der Waals surface area (Å²) in [6.45, 7) is 6.30. The first-order valence-corrected chi connectivity index (χ1v) is 9.52. The summed E-state index contributed by atoms with van der Waals surface area (Å²) in [5.74, 6) is -0.0654. The summed E-state index contributed by atoms with van der Waals surface area (Å²) in [6, 6.07) is 9.42. The maximum absolute atomic E-state index is 13.1. The van der Waals surface area contributed by atoms with Gasteiger partial charge in [0.2, 0.25) is 0 Å². The molecule has 0 radical (unpaired) electrons. The summed E-state index contributed by atoms with van der Waals surface area (Å²) < 4.78 is 5.01. The van der Waals surface area contributed by atoms with E-state index < -0.39 is 0 Å². The van der Waals surface area contributed by atoms with Gasteiger partial charge in [0.15, 0.2) is 0 Å². The van der Waals surface area contributed by atoms with Crippen LogP contribution in [0.1, 0.15) is 38.4 Å². The van der Waals surface area contributed by atoms with Gasteiger partial charge in [-0.3, -0.25) is 14.6 Å². The van der Waals surface area contributed by atoms with Crippen LogP contribution in [0.5, 0.6) is 0 Å². The number of pyridine rings is 1. The van der Waals surface area contributed by atoms with Gasteiger partial charge >= 0.3 is 0 Å². The Morgan fingerprint density at radius 1 is 0.929 bits per heavy atom. The van der Waals surface area contributed by atoms with Crippen LogP contribution in [-0.4, -0.2) is 52.8 Å². The molecule has 0 unspecified atom stereocenters. The second kappa shape index (κ2) is 7.46. The van der Waals surface area contributed by atoms with E-state index in [4.69, 9.17) is 4.42 Å². The monoisotopic (exact) mass is 377 g/mol. The molecule has 1 saturated heterocycles. The fourth-order valence-electron chi connectivity index (χ4n) is 3.78. The number of amides is 2. The van der Waals surface area contributed by atoms with Crippen molar-refractivity contribution in [1.82, 2.24) is 14.8 Å². The minimum Gasteiger partial charge on any atom is -0.472 e. The Balaban J connectivity index is 1.51. The van der Waals surface area contributed by atoms with Crippen LogP contribution in [0.2, 0.25) is 0 Å². The standard InChI is InChI=1S/C22H23N3O3/c1-15-12-16(2)23-20-13-17(4-5-19(15)20)21(26)24-7-3-8-25(10-9-24)22(27)18-6-11-28-14-18/h4-6,11-14H,3,7-10H2,1-2H3. The third-order valence-corrected chi connectivity index (χ3v) is 5.23. The molecule has 1 aliphatic rings. The number of carbonyl (C=O) groups excluding carboxylic acids is 2. The second-order valence-corrected chi connectivity index (χ2v) is 7.26. The molecular formula is C22H23N3O3. The van der Waals surface area contributed by atoms with Crippen LogP contribution in [0.25, 0.3) is 10.9 Å². The fourth-order valence-corrected chi connectivity index (χ4v) is 3.78. The number of hydrogen-bond acceptors (Lipinski definition) is 4. The lowest BCUT2D eigenvalue weighted by atomic mass is 10.1. The van der Waals surface area contributed by atoms with E-state index in [0.717, 1.165) is 28.6 Å². The smallest absolute Gasteiger partial charge is 0.257 e. The SMILES string of the molecule is Cc1cc(C)c2ccc(C(=O)N3CCCN(C(=O)c4ccoc4)CC3)cc2n1. The summed E-state index contributed by atoms with van der Waals surface area (Å²) in [7, 11) is 0. The average molecular weight is 377 g/mol. The minimum absolute atomic E-state index is 0.0135. The molecule has 3 aromatic rings. The number of nitrogens with zero attached hydrogens (tertiary/aromatic N) is 3. The Kier molecular flexibility index (Phi) is 4.86. The number of aromatic nitrogens is 1. The summed E-state index contributed by atoms with van der Waals surface area (Å²) in [5.41, 5.74) is 4.13. The molecule has 6 heteroatoms. The van der Waals surface area contributed by atoms with Crippen molar-refractivity contribution in [2.75, 3.05) is 26.2 Å². The van der Waals surface area contributed by atoms with Crippen LogP contribution >= 0.6 is 0 Å². The summed E-state index contributed by atoms with van der Waals surface area (Å²) in [6.07, 6.45) is 3.71. The fraction of sp³-hybridized carbons (Fsp3) is 0.318. The van der Waals surface area contributed by atoms with E-state index >= 15 is 0 Å². The van der Waals surface area contributed by atoms with Gasteiger partial charge < -0.3 is 14.2 Å². The lowest BCUT2D eigenvalue weighted by Gasteiger charge is -2.22. The highest BCUT2D eigenvalue weighted by Crippen LogP contribution is 2.20. The highest BCUT2D eigenvalue weighted by molar-refractivity contribution is 5.98. The molecule has 6 nitrogen and oxygen atoms in total. The van der Waals surface area contributed by atoms with E-state index in [0.29, 0.717) is 37.3 Å². The number of benzene rings is 1. The first-order valence-electron chi connectivity index (χ1n) is 9.52. The van der Waals surface area contributed by atoms with Gasteiger partial charge in [-0.25, -0.2) is 0 Å². The van der Waals surface area contributed by atoms with Crippen LogP contribution < -0.4 is 0 Å². The Labute approximate surface area is 163 Å². The van der Waals surface area contributed by atoms with Gasteiger partial charge in [-0.15, -0.1) is 0 Å². The van der Waals surface area contributed by atoms with Gasteiger partial charge in [0.25, 0.3) is 11.8 Å². The lowest BCUT2D eigenvalue weighted by molar-refractivity contribution is 0.0718. The molecule has 144 valence electrons. The molecule has 2 aromatic heterocycles. The van der Waals surface area contributed by atoms with Crippen LogP contribution in [0.4, 0.5) is 0 Å². The minimum atomic E-state index is -0.0519. The number of carbonyl (C=O) groups is 2. The third kappa shape index (κ3) is 3.50. The number of furan rings is 1. The van der Waals surface area contributed by atoms with Crippen LogP contribution in [0, 0.1) is 13.8 Å². The van der Waals surface area contributed by atoms with Crippen molar-refractivity contribution < 1.29 is 14.0 Å². The predicted molar refractivity (Wildman–Crippen MR) is 106 cm³/mol. The number of hydrogen-bond donors (Lipinski definition) is 0. The molecule has 1 aromatic carbocycles. The average Bonchev–Trinajstić information content (AvgIpc) is 3.11. The molecular weight excluding hydrogens is 354 g/mol. The number of rotatable bonds is 2. The van der Waals surface area contributed by atoms with Crippen molar-refractivity contribution >= 4 is 22.7 Å². The maximum atomic E-state index is 13.1. The zero-order valence-electron chi connectivity index (χ0n) is 16.1. The van der Waals surface area contributed by atoms with Crippen molar-refractivity contribution in [1.29, 1.82) is 0 Å². The molecule has 0 spiro atoms. The number of aryl methyl sites for hydroxylation is 2. The van der Waals surface area contributed by atoms with Crippen molar-refractivity contribution in [2.45, 2.75) is 20.3 Å². The Bertz CT molecular complexity index is 1030. The lowest BCUT2D eigenvalue weighted by Crippen LogP contribution is -2.37. The van der Waals surface area contributed by atoms with Crippen molar-refractivity contribution in [3.05, 3.63) is 65.2 Å². The predicted octanol–water partition coefficient (Wildman–Crippen LogP) is 3.43. The summed E-state index contributed by atoms with van der Waals surface area (Å²) in [4.78, 5) is 33.8. The van der Waals surface area contributed by atoms with E-state index in [-0.39, 0.29) is 11.8 Å². The first kappa shape index (κ1) is 18.2. The van der Waals surface area contributed by atoms with E-state index in [2.05, 4.69) is 11.9 Å². The molecule has 0 atom stereocenters. The molecule has 0 bridgehead atoms. The largest absolute Gasteiger partial charge is 0.472 e. The molecule has 28 heavy (non-hydrogen) atoms. The molecule has 0 aliphatic carbocycles. The number of fused-ring (bicyclic) bond motifs is 1. The normalized spacial score (nSPS) is 14.9. The molecule has 0 saturated carbocycles. The molecule has 0 N–H and O–H groups in total. The summed E-state index contributed by atoms with van der Waals surface area (Å²) >= 11 is 0. The van der Waals surface area contributed by atoms with Gasteiger partial charge in [0.1, 0.15) is 6.26 Å². The first-order chi connectivity index (χ1) is 13.5. The highest BCUT2D eigenvalue weighted by atomic mass is 16.3. The third-order valence-electron chi connectivity index (χ3n) is 5.23. The van der Waals surface area contributed by atoms with Crippen LogP contribution in [0.15, 0.2) is 47.3 Å². The zero-order valence-corrected chi connectivity index (χ0v) is 16.1. The molecule has 4 rings (SSSR count). The molecule has 1 aliphatic heterocycles. The molecule has 1 fully saturated rings. The highest BCUT2D eigenvalue weighted by Gasteiger charge is 2.24. The van der Waals surface area contributed by atoms with E-state index in [1.54, 1.807) is 11.0 Å². The quantitative estimate of drug-likeness (QED) is 0.686. The Hall–Kier alpha value is -3.15. The van der Waals surface area contributed by atoms with Gasteiger partial charge in [-0.2, -0.15) is 0 Å². The van der Waals surface area contributed by atoms with Crippen LogP contribution in [-0.2, 0) is 0 Å². The van der Waals surface area contributed by atoms with Gasteiger partial charge in [0.05, 0.1) is 17.3 Å². The van der Waals surface area contributed by atoms with Gasteiger partial charge in [-0.05, 0) is 50.1 Å². The van der Waals surface area contributed by atoms with Crippen molar-refractivity contribution in [3.63, 3.8) is 0 Å². The Morgan fingerprint density at radius 3 is 2.32 bits per heavy atom. The van der Waals surface area contributed by atoms with E-state index in [1.165, 1.54) is 12.5 Å². The Morgan fingerprint density at radius 2 is 1.64 bits per heavy atom. The van der Waals surface area contributed by atoms with Crippen molar-refractivity contribution in [2.24, 2.45) is 0 Å². The van der Waals surface area contributed by atoms with E-state index in [1.807, 2.05) is 36.1 Å².